The van der Waals surface area contributed by atoms with Crippen molar-refractivity contribution in [3.8, 4) is 0 Å². The zero-order chi connectivity index (χ0) is 13.7. The minimum Gasteiger partial charge on any atom is -0.370 e. The lowest BCUT2D eigenvalue weighted by Gasteiger charge is -2.27. The maximum Gasteiger partial charge on any atom is 0.223 e. The molecule has 1 aliphatic rings. The van der Waals surface area contributed by atoms with Crippen LogP contribution in [0.15, 0.2) is 6.07 Å². The van der Waals surface area contributed by atoms with E-state index in [1.54, 1.807) is 0 Å². The van der Waals surface area contributed by atoms with E-state index in [2.05, 4.69) is 26.9 Å². The van der Waals surface area contributed by atoms with Crippen LogP contribution >= 0.6 is 11.8 Å². The standard InChI is InChI=1S/C13H23N5S/c1-3-15-10-8-11(18-12(14)17-10)16-9-13(19-2)6-4-5-7-13/h8H,3-7,9H2,1-2H3,(H4,14,15,16,17,18). The summed E-state index contributed by atoms with van der Waals surface area (Å²) in [5, 5.41) is 6.59. The van der Waals surface area contributed by atoms with Gasteiger partial charge in [0.05, 0.1) is 0 Å². The highest BCUT2D eigenvalue weighted by molar-refractivity contribution is 8.00. The van der Waals surface area contributed by atoms with Crippen LogP contribution in [0.2, 0.25) is 0 Å². The number of nitrogens with one attached hydrogen (secondary N) is 2. The summed E-state index contributed by atoms with van der Waals surface area (Å²) in [6, 6.07) is 1.92. The summed E-state index contributed by atoms with van der Waals surface area (Å²) >= 11 is 1.96. The Hall–Kier alpha value is -1.17. The summed E-state index contributed by atoms with van der Waals surface area (Å²) in [4.78, 5) is 8.40. The van der Waals surface area contributed by atoms with Crippen molar-refractivity contribution in [2.45, 2.75) is 37.4 Å². The van der Waals surface area contributed by atoms with E-state index in [0.29, 0.717) is 10.7 Å². The Balaban J connectivity index is 2.02. The summed E-state index contributed by atoms with van der Waals surface area (Å²) in [5.74, 6) is 1.90. The van der Waals surface area contributed by atoms with Gasteiger partial charge in [-0.05, 0) is 26.0 Å². The molecular weight excluding hydrogens is 258 g/mol. The van der Waals surface area contributed by atoms with E-state index < -0.39 is 0 Å². The molecular formula is C13H23N5S. The molecule has 1 aromatic heterocycles. The van der Waals surface area contributed by atoms with Crippen molar-refractivity contribution in [1.82, 2.24) is 9.97 Å². The van der Waals surface area contributed by atoms with Crippen LogP contribution in [-0.4, -0.2) is 34.1 Å². The normalized spacial score (nSPS) is 17.4. The summed E-state index contributed by atoms with van der Waals surface area (Å²) in [6.07, 6.45) is 7.42. The van der Waals surface area contributed by atoms with E-state index in [1.807, 2.05) is 24.8 Å². The van der Waals surface area contributed by atoms with E-state index in [4.69, 9.17) is 5.73 Å². The third kappa shape index (κ3) is 3.65. The maximum absolute atomic E-state index is 5.73. The SMILES string of the molecule is CCNc1cc(NCC2(SC)CCCC2)nc(N)n1. The smallest absolute Gasteiger partial charge is 0.223 e. The number of nitrogen functional groups attached to an aromatic ring is 1. The number of thioether (sulfide) groups is 1. The molecule has 1 heterocycles. The lowest BCUT2D eigenvalue weighted by molar-refractivity contribution is 0.638. The van der Waals surface area contributed by atoms with Gasteiger partial charge in [-0.1, -0.05) is 12.8 Å². The number of hydrogen-bond donors (Lipinski definition) is 3. The Kier molecular flexibility index (Phi) is 4.74. The molecule has 0 amide bonds. The predicted molar refractivity (Wildman–Crippen MR) is 83.8 cm³/mol. The van der Waals surface area contributed by atoms with Crippen molar-refractivity contribution in [2.24, 2.45) is 0 Å². The zero-order valence-corrected chi connectivity index (χ0v) is 12.5. The van der Waals surface area contributed by atoms with Crippen LogP contribution < -0.4 is 16.4 Å². The Morgan fingerprint density at radius 2 is 1.89 bits per heavy atom. The molecule has 0 spiro atoms. The Morgan fingerprint density at radius 1 is 1.26 bits per heavy atom. The fraction of sp³-hybridized carbons (Fsp3) is 0.692. The van der Waals surface area contributed by atoms with E-state index in [1.165, 1.54) is 25.7 Å². The molecule has 1 saturated carbocycles. The van der Waals surface area contributed by atoms with E-state index in [-0.39, 0.29) is 0 Å². The molecule has 0 bridgehead atoms. The molecule has 0 aromatic carbocycles. The van der Waals surface area contributed by atoms with Gasteiger partial charge in [0, 0.05) is 23.9 Å². The van der Waals surface area contributed by atoms with Crippen molar-refractivity contribution in [1.29, 1.82) is 0 Å². The topological polar surface area (TPSA) is 75.9 Å². The molecule has 6 heteroatoms. The van der Waals surface area contributed by atoms with Gasteiger partial charge in [0.1, 0.15) is 11.6 Å². The number of nitrogens with zero attached hydrogens (tertiary/aromatic N) is 2. The van der Waals surface area contributed by atoms with Gasteiger partial charge in [-0.15, -0.1) is 0 Å². The van der Waals surface area contributed by atoms with Gasteiger partial charge in [0.15, 0.2) is 0 Å². The second-order valence-corrected chi connectivity index (χ2v) is 6.25. The van der Waals surface area contributed by atoms with Crippen molar-refractivity contribution in [3.05, 3.63) is 6.07 Å². The largest absolute Gasteiger partial charge is 0.370 e. The molecule has 106 valence electrons. The van der Waals surface area contributed by atoms with E-state index in [0.717, 1.165) is 24.7 Å². The number of hydrogen-bond acceptors (Lipinski definition) is 6. The number of rotatable bonds is 6. The maximum atomic E-state index is 5.73. The monoisotopic (exact) mass is 281 g/mol. The third-order valence-corrected chi connectivity index (χ3v) is 5.06. The third-order valence-electron chi connectivity index (χ3n) is 3.64. The van der Waals surface area contributed by atoms with Gasteiger partial charge >= 0.3 is 0 Å². The van der Waals surface area contributed by atoms with Gasteiger partial charge in [-0.3, -0.25) is 0 Å². The minimum absolute atomic E-state index is 0.311. The Morgan fingerprint density at radius 3 is 2.47 bits per heavy atom. The fourth-order valence-corrected chi connectivity index (χ4v) is 3.47. The second kappa shape index (κ2) is 6.32. The van der Waals surface area contributed by atoms with Crippen LogP contribution in [0.4, 0.5) is 17.6 Å². The molecule has 0 radical (unpaired) electrons. The highest BCUT2D eigenvalue weighted by Gasteiger charge is 2.32. The highest BCUT2D eigenvalue weighted by atomic mass is 32.2. The first-order valence-electron chi connectivity index (χ1n) is 6.85. The van der Waals surface area contributed by atoms with Gasteiger partial charge < -0.3 is 16.4 Å². The molecule has 0 atom stereocenters. The van der Waals surface area contributed by atoms with Crippen LogP contribution in [0.3, 0.4) is 0 Å². The Labute approximate surface area is 119 Å². The number of nitrogens with two attached hydrogens (primary N) is 1. The van der Waals surface area contributed by atoms with Gasteiger partial charge in [-0.25, -0.2) is 0 Å². The molecule has 1 aliphatic carbocycles. The fourth-order valence-electron chi connectivity index (χ4n) is 2.55. The van der Waals surface area contributed by atoms with Crippen LogP contribution in [-0.2, 0) is 0 Å². The van der Waals surface area contributed by atoms with Crippen LogP contribution in [0.25, 0.3) is 0 Å². The lowest BCUT2D eigenvalue weighted by Crippen LogP contribution is -2.30. The first kappa shape index (κ1) is 14.2. The Bertz CT molecular complexity index is 417. The first-order chi connectivity index (χ1) is 9.17. The predicted octanol–water partition coefficient (Wildman–Crippen LogP) is 2.58. The van der Waals surface area contributed by atoms with Crippen molar-refractivity contribution in [3.63, 3.8) is 0 Å². The van der Waals surface area contributed by atoms with Crippen molar-refractivity contribution < 1.29 is 0 Å². The molecule has 5 nitrogen and oxygen atoms in total. The number of anilines is 3. The van der Waals surface area contributed by atoms with E-state index >= 15 is 0 Å². The summed E-state index contributed by atoms with van der Waals surface area (Å²) < 4.78 is 0.359. The van der Waals surface area contributed by atoms with Crippen LogP contribution in [0.5, 0.6) is 0 Å². The summed E-state index contributed by atoms with van der Waals surface area (Å²) in [6.45, 7) is 3.80. The van der Waals surface area contributed by atoms with Crippen LogP contribution in [0.1, 0.15) is 32.6 Å². The van der Waals surface area contributed by atoms with Crippen LogP contribution in [0, 0.1) is 0 Å². The van der Waals surface area contributed by atoms with Crippen molar-refractivity contribution in [2.75, 3.05) is 35.7 Å². The molecule has 0 unspecified atom stereocenters. The molecule has 4 N–H and O–H groups in total. The van der Waals surface area contributed by atoms with Gasteiger partial charge in [0.25, 0.3) is 0 Å². The average Bonchev–Trinajstić information content (AvgIpc) is 2.86. The second-order valence-electron chi connectivity index (χ2n) is 4.97. The molecule has 1 aromatic rings. The van der Waals surface area contributed by atoms with E-state index in [9.17, 15) is 0 Å². The minimum atomic E-state index is 0.311. The first-order valence-corrected chi connectivity index (χ1v) is 8.07. The zero-order valence-electron chi connectivity index (χ0n) is 11.7. The molecule has 0 saturated heterocycles. The molecule has 19 heavy (non-hydrogen) atoms. The quantitative estimate of drug-likeness (QED) is 0.744. The summed E-state index contributed by atoms with van der Waals surface area (Å²) in [5.41, 5.74) is 5.73. The number of aromatic nitrogens is 2. The van der Waals surface area contributed by atoms with Crippen molar-refractivity contribution >= 4 is 29.3 Å². The summed E-state index contributed by atoms with van der Waals surface area (Å²) in [7, 11) is 0. The lowest BCUT2D eigenvalue weighted by atomic mass is 10.1. The molecule has 2 rings (SSSR count). The highest BCUT2D eigenvalue weighted by Crippen LogP contribution is 2.40. The molecule has 1 fully saturated rings. The average molecular weight is 281 g/mol. The molecule has 0 aliphatic heterocycles. The van der Waals surface area contributed by atoms with Gasteiger partial charge in [-0.2, -0.15) is 21.7 Å². The van der Waals surface area contributed by atoms with Gasteiger partial charge in [0.2, 0.25) is 5.95 Å².